The van der Waals surface area contributed by atoms with Crippen LogP contribution in [0.15, 0.2) is 35.3 Å². The number of ether oxygens (including phenoxy) is 1. The van der Waals surface area contributed by atoms with Gasteiger partial charge in [0.2, 0.25) is 5.91 Å². The molecule has 0 saturated carbocycles. The van der Waals surface area contributed by atoms with Crippen molar-refractivity contribution in [2.45, 2.75) is 25.4 Å². The zero-order valence-electron chi connectivity index (χ0n) is 15.8. The van der Waals surface area contributed by atoms with Gasteiger partial charge in [0.15, 0.2) is 0 Å². The molecule has 2 N–H and O–H groups in total. The van der Waals surface area contributed by atoms with E-state index >= 15 is 0 Å². The maximum absolute atomic E-state index is 13.1. The summed E-state index contributed by atoms with van der Waals surface area (Å²) < 4.78 is 44.1. The number of carbonyl (C=O) groups excluding carboxylic acids is 1. The van der Waals surface area contributed by atoms with Crippen LogP contribution in [0.4, 0.5) is 24.5 Å². The Labute approximate surface area is 164 Å². The van der Waals surface area contributed by atoms with Gasteiger partial charge in [0.1, 0.15) is 5.75 Å². The molecule has 29 heavy (non-hydrogen) atoms. The number of methoxy groups -OCH3 is 1. The second-order valence-corrected chi connectivity index (χ2v) is 6.92. The number of benzene rings is 1. The summed E-state index contributed by atoms with van der Waals surface area (Å²) in [7, 11) is 1.16. The van der Waals surface area contributed by atoms with Crippen LogP contribution in [-0.2, 0) is 11.0 Å². The number of H-pyrrole nitrogens is 1. The molecule has 2 heterocycles. The summed E-state index contributed by atoms with van der Waals surface area (Å²) >= 11 is 0. The number of hydrogen-bond donors (Lipinski definition) is 2. The Balaban J connectivity index is 1.64. The SMILES string of the molecule is COc1ccc(NC(=O)CC2CCCN(c3cn[nH]c(=O)c3)C2)cc1C(F)(F)F. The Morgan fingerprint density at radius 3 is 2.86 bits per heavy atom. The van der Waals surface area contributed by atoms with Crippen molar-refractivity contribution in [1.29, 1.82) is 0 Å². The fourth-order valence-electron chi connectivity index (χ4n) is 3.49. The molecule has 0 radical (unpaired) electrons. The van der Waals surface area contributed by atoms with E-state index in [4.69, 9.17) is 4.74 Å². The first-order chi connectivity index (χ1) is 13.8. The topological polar surface area (TPSA) is 87.3 Å². The van der Waals surface area contributed by atoms with Gasteiger partial charge in [-0.25, -0.2) is 5.10 Å². The predicted molar refractivity (Wildman–Crippen MR) is 101 cm³/mol. The van der Waals surface area contributed by atoms with E-state index in [9.17, 15) is 22.8 Å². The van der Waals surface area contributed by atoms with Gasteiger partial charge in [-0.2, -0.15) is 18.3 Å². The summed E-state index contributed by atoms with van der Waals surface area (Å²) in [4.78, 5) is 25.8. The van der Waals surface area contributed by atoms with Gasteiger partial charge >= 0.3 is 6.18 Å². The Kier molecular flexibility index (Phi) is 6.09. The van der Waals surface area contributed by atoms with Crippen LogP contribution in [0.1, 0.15) is 24.8 Å². The predicted octanol–water partition coefficient (Wildman–Crippen LogP) is 3.04. The van der Waals surface area contributed by atoms with Crippen molar-refractivity contribution in [3.8, 4) is 5.75 Å². The van der Waals surface area contributed by atoms with Crippen LogP contribution in [0.25, 0.3) is 0 Å². The first kappa shape index (κ1) is 20.7. The fourth-order valence-corrected chi connectivity index (χ4v) is 3.49. The molecule has 0 aliphatic carbocycles. The number of alkyl halides is 3. The average molecular weight is 410 g/mol. The van der Waals surface area contributed by atoms with E-state index in [1.807, 2.05) is 4.90 Å². The van der Waals surface area contributed by atoms with Crippen molar-refractivity contribution in [2.24, 2.45) is 5.92 Å². The summed E-state index contributed by atoms with van der Waals surface area (Å²) in [6.45, 7) is 1.31. The van der Waals surface area contributed by atoms with Crippen LogP contribution >= 0.6 is 0 Å². The molecule has 1 amide bonds. The number of hydrogen-bond acceptors (Lipinski definition) is 5. The van der Waals surface area contributed by atoms with Gasteiger partial charge in [0, 0.05) is 31.3 Å². The number of aromatic nitrogens is 2. The van der Waals surface area contributed by atoms with Gasteiger partial charge in [-0.15, -0.1) is 0 Å². The number of anilines is 2. The number of nitrogens with one attached hydrogen (secondary N) is 2. The van der Waals surface area contributed by atoms with Crippen LogP contribution in [0.2, 0.25) is 0 Å². The smallest absolute Gasteiger partial charge is 0.420 e. The lowest BCUT2D eigenvalue weighted by molar-refractivity contribution is -0.138. The molecule has 1 aromatic carbocycles. The summed E-state index contributed by atoms with van der Waals surface area (Å²) in [6, 6.07) is 4.87. The van der Waals surface area contributed by atoms with E-state index in [1.165, 1.54) is 18.2 Å². The normalized spacial score (nSPS) is 17.1. The van der Waals surface area contributed by atoms with Crippen LogP contribution < -0.4 is 20.5 Å². The van der Waals surface area contributed by atoms with Gasteiger partial charge in [0.05, 0.1) is 24.6 Å². The zero-order chi connectivity index (χ0) is 21.0. The lowest BCUT2D eigenvalue weighted by Crippen LogP contribution is -2.37. The lowest BCUT2D eigenvalue weighted by atomic mass is 9.94. The van der Waals surface area contributed by atoms with Gasteiger partial charge in [0.25, 0.3) is 5.56 Å². The van der Waals surface area contributed by atoms with Gasteiger partial charge < -0.3 is 15.0 Å². The molecule has 1 aliphatic rings. The van der Waals surface area contributed by atoms with Crippen molar-refractivity contribution < 1.29 is 22.7 Å². The van der Waals surface area contributed by atoms with Crippen LogP contribution in [0.3, 0.4) is 0 Å². The van der Waals surface area contributed by atoms with Gasteiger partial charge in [-0.3, -0.25) is 9.59 Å². The fraction of sp³-hybridized carbons (Fsp3) is 0.421. The first-order valence-corrected chi connectivity index (χ1v) is 9.11. The molecule has 156 valence electrons. The van der Waals surface area contributed by atoms with Crippen molar-refractivity contribution >= 4 is 17.3 Å². The molecular weight excluding hydrogens is 389 g/mol. The highest BCUT2D eigenvalue weighted by Crippen LogP contribution is 2.37. The molecule has 2 aromatic rings. The largest absolute Gasteiger partial charge is 0.496 e. The van der Waals surface area contributed by atoms with E-state index in [1.54, 1.807) is 6.20 Å². The monoisotopic (exact) mass is 410 g/mol. The highest BCUT2D eigenvalue weighted by Gasteiger charge is 2.34. The third kappa shape index (κ3) is 5.27. The van der Waals surface area contributed by atoms with E-state index in [0.717, 1.165) is 32.6 Å². The number of aromatic amines is 1. The quantitative estimate of drug-likeness (QED) is 0.791. The van der Waals surface area contributed by atoms with Crippen molar-refractivity contribution in [3.63, 3.8) is 0 Å². The molecule has 1 saturated heterocycles. The summed E-state index contributed by atoms with van der Waals surface area (Å²) in [5, 5.41) is 8.64. The molecule has 0 bridgehead atoms. The third-order valence-electron chi connectivity index (χ3n) is 4.80. The highest BCUT2D eigenvalue weighted by molar-refractivity contribution is 5.91. The molecule has 1 fully saturated rings. The molecule has 1 atom stereocenters. The molecule has 3 rings (SSSR count). The lowest BCUT2D eigenvalue weighted by Gasteiger charge is -2.33. The number of halogens is 3. The number of piperidine rings is 1. The van der Waals surface area contributed by atoms with Crippen molar-refractivity contribution in [3.05, 3.63) is 46.4 Å². The van der Waals surface area contributed by atoms with E-state index in [2.05, 4.69) is 15.5 Å². The van der Waals surface area contributed by atoms with Crippen LogP contribution in [0, 0.1) is 5.92 Å². The molecule has 1 unspecified atom stereocenters. The molecule has 1 aromatic heterocycles. The first-order valence-electron chi connectivity index (χ1n) is 9.11. The molecule has 1 aliphatic heterocycles. The summed E-state index contributed by atoms with van der Waals surface area (Å²) in [5.74, 6) is -0.646. The zero-order valence-corrected chi connectivity index (χ0v) is 15.8. The van der Waals surface area contributed by atoms with E-state index in [-0.39, 0.29) is 35.2 Å². The Bertz CT molecular complexity index is 929. The maximum atomic E-state index is 13.1. The third-order valence-corrected chi connectivity index (χ3v) is 4.80. The van der Waals surface area contributed by atoms with E-state index < -0.39 is 11.7 Å². The molecular formula is C19H21F3N4O3. The standard InChI is InChI=1S/C19H21F3N4O3/c1-29-16-5-4-13(8-15(16)19(20,21)22)24-17(27)7-12-3-2-6-26(11-12)14-9-18(28)25-23-10-14/h4-5,8-10,12H,2-3,6-7,11H2,1H3,(H,24,27)(H,25,28). The molecule has 0 spiro atoms. The highest BCUT2D eigenvalue weighted by atomic mass is 19.4. The Hall–Kier alpha value is -3.04. The number of carbonyl (C=O) groups is 1. The Morgan fingerprint density at radius 2 is 2.17 bits per heavy atom. The van der Waals surface area contributed by atoms with Gasteiger partial charge in [-0.05, 0) is 37.0 Å². The number of rotatable bonds is 5. The van der Waals surface area contributed by atoms with Crippen LogP contribution in [0.5, 0.6) is 5.75 Å². The van der Waals surface area contributed by atoms with Crippen LogP contribution in [-0.4, -0.2) is 36.3 Å². The minimum Gasteiger partial charge on any atom is -0.496 e. The average Bonchev–Trinajstić information content (AvgIpc) is 2.67. The van der Waals surface area contributed by atoms with E-state index in [0.29, 0.717) is 12.2 Å². The van der Waals surface area contributed by atoms with Crippen molar-refractivity contribution in [1.82, 2.24) is 10.2 Å². The molecule has 10 heteroatoms. The number of nitrogens with zero attached hydrogens (tertiary/aromatic N) is 2. The summed E-state index contributed by atoms with van der Waals surface area (Å²) in [6.07, 6.45) is -1.21. The second-order valence-electron chi connectivity index (χ2n) is 6.92. The minimum atomic E-state index is -4.59. The minimum absolute atomic E-state index is 0.0170. The number of amides is 1. The second kappa shape index (κ2) is 8.54. The summed E-state index contributed by atoms with van der Waals surface area (Å²) in [5.41, 5.74) is -0.496. The molecule has 7 nitrogen and oxygen atoms in total. The van der Waals surface area contributed by atoms with Crippen molar-refractivity contribution in [2.75, 3.05) is 30.4 Å². The Morgan fingerprint density at radius 1 is 1.38 bits per heavy atom. The van der Waals surface area contributed by atoms with Gasteiger partial charge in [-0.1, -0.05) is 0 Å². The maximum Gasteiger partial charge on any atom is 0.420 e.